The summed E-state index contributed by atoms with van der Waals surface area (Å²) in [6, 6.07) is -0.173. The summed E-state index contributed by atoms with van der Waals surface area (Å²) in [7, 11) is 3.81. The summed E-state index contributed by atoms with van der Waals surface area (Å²) in [6.45, 7) is 1.39. The molecule has 1 amide bonds. The van der Waals surface area contributed by atoms with E-state index >= 15 is 0 Å². The average Bonchev–Trinajstić information content (AvgIpc) is 3.28. The van der Waals surface area contributed by atoms with E-state index in [0.717, 1.165) is 29.1 Å². The number of carbonyl (C=O) groups is 1. The summed E-state index contributed by atoms with van der Waals surface area (Å²) in [5.74, 6) is 2.10. The van der Waals surface area contributed by atoms with Crippen molar-refractivity contribution >= 4 is 22.8 Å². The molecule has 6 heteroatoms. The first-order valence-electron chi connectivity index (χ1n) is 7.44. The lowest BCUT2D eigenvalue weighted by Gasteiger charge is -2.28. The molecule has 0 radical (unpaired) electrons. The molecule has 21 heavy (non-hydrogen) atoms. The fourth-order valence-electron chi connectivity index (χ4n) is 2.42. The van der Waals surface area contributed by atoms with E-state index < -0.39 is 0 Å². The number of likely N-dealkylation sites (N-methyl/N-ethyl adjacent to an activating group) is 2. The number of thioether (sulfide) groups is 1. The maximum Gasteiger partial charge on any atom is 0.251 e. The summed E-state index contributed by atoms with van der Waals surface area (Å²) in [5, 5.41) is 4.15. The number of nitrogens with one attached hydrogen (secondary N) is 1. The Balaban J connectivity index is 1.57. The number of allylic oxidation sites excluding steroid dienone is 1. The first-order chi connectivity index (χ1) is 10.2. The van der Waals surface area contributed by atoms with Crippen molar-refractivity contribution in [3.8, 4) is 0 Å². The third-order valence-corrected chi connectivity index (χ3v) is 5.40. The Labute approximate surface area is 130 Å². The number of rotatable bonds is 4. The molecule has 0 bridgehead atoms. The van der Waals surface area contributed by atoms with E-state index in [1.807, 2.05) is 37.3 Å². The zero-order valence-electron chi connectivity index (χ0n) is 12.6. The van der Waals surface area contributed by atoms with E-state index in [0.29, 0.717) is 6.54 Å². The normalized spacial score (nSPS) is 24.5. The summed E-state index contributed by atoms with van der Waals surface area (Å²) in [5.41, 5.74) is 0.902. The molecular weight excluding hydrogens is 284 g/mol. The first-order valence-corrected chi connectivity index (χ1v) is 8.43. The predicted octanol–water partition coefficient (Wildman–Crippen LogP) is 1.26. The van der Waals surface area contributed by atoms with Crippen molar-refractivity contribution in [1.29, 1.82) is 0 Å². The lowest BCUT2D eigenvalue weighted by molar-refractivity contribution is -0.131. The van der Waals surface area contributed by atoms with Crippen LogP contribution in [0.25, 0.3) is 0 Å². The maximum atomic E-state index is 12.7. The van der Waals surface area contributed by atoms with Crippen LogP contribution in [0.1, 0.15) is 12.8 Å². The van der Waals surface area contributed by atoms with Crippen LogP contribution in [-0.2, 0) is 4.79 Å². The molecule has 0 saturated heterocycles. The molecule has 114 valence electrons. The second-order valence-electron chi connectivity index (χ2n) is 5.78. The summed E-state index contributed by atoms with van der Waals surface area (Å²) in [6.07, 6.45) is 8.58. The van der Waals surface area contributed by atoms with Gasteiger partial charge in [-0.2, -0.15) is 0 Å². The number of hydrogen-bond acceptors (Lipinski definition) is 5. The maximum absolute atomic E-state index is 12.7. The number of nitrogens with zero attached hydrogens (tertiary/aromatic N) is 3. The highest BCUT2D eigenvalue weighted by Gasteiger charge is 2.34. The highest BCUT2D eigenvalue weighted by molar-refractivity contribution is 8.13. The third-order valence-electron chi connectivity index (χ3n) is 4.09. The smallest absolute Gasteiger partial charge is 0.251 e. The van der Waals surface area contributed by atoms with Crippen LogP contribution >= 0.6 is 11.8 Å². The molecule has 0 aromatic heterocycles. The van der Waals surface area contributed by atoms with Gasteiger partial charge in [-0.05, 0) is 24.8 Å². The molecule has 1 saturated carbocycles. The standard InChI is InChI=1S/C15H22N4OS/c1-18(12-4-3-7-16-8-12)14(20)13-9-17-15(19(13)2)21-10-11-5-6-11/h3-4,8,11,13,16H,5-7,9-10H2,1-2H3. The van der Waals surface area contributed by atoms with Crippen molar-refractivity contribution in [2.24, 2.45) is 10.9 Å². The van der Waals surface area contributed by atoms with Crippen LogP contribution in [0.5, 0.6) is 0 Å². The van der Waals surface area contributed by atoms with Crippen molar-refractivity contribution in [2.75, 3.05) is 32.9 Å². The molecule has 3 aliphatic rings. The number of carbonyl (C=O) groups excluding carboxylic acids is 1. The molecule has 0 aromatic rings. The summed E-state index contributed by atoms with van der Waals surface area (Å²) in [4.78, 5) is 21.0. The lowest BCUT2D eigenvalue weighted by Crippen LogP contribution is -2.45. The Hall–Kier alpha value is -1.43. The van der Waals surface area contributed by atoms with Crippen molar-refractivity contribution in [1.82, 2.24) is 15.1 Å². The van der Waals surface area contributed by atoms with Crippen LogP contribution in [0.2, 0.25) is 0 Å². The molecule has 5 nitrogen and oxygen atoms in total. The largest absolute Gasteiger partial charge is 0.386 e. The van der Waals surface area contributed by atoms with Crippen LogP contribution in [0.4, 0.5) is 0 Å². The minimum Gasteiger partial charge on any atom is -0.386 e. The first kappa shape index (κ1) is 14.5. The van der Waals surface area contributed by atoms with Gasteiger partial charge in [0.2, 0.25) is 0 Å². The third kappa shape index (κ3) is 3.26. The van der Waals surface area contributed by atoms with Crippen LogP contribution in [0.3, 0.4) is 0 Å². The second kappa shape index (κ2) is 6.13. The van der Waals surface area contributed by atoms with Gasteiger partial charge in [0.1, 0.15) is 6.04 Å². The molecule has 0 aromatic carbocycles. The average molecular weight is 306 g/mol. The van der Waals surface area contributed by atoms with Crippen LogP contribution in [-0.4, -0.2) is 59.9 Å². The topological polar surface area (TPSA) is 47.9 Å². The van der Waals surface area contributed by atoms with Gasteiger partial charge in [0, 0.05) is 32.6 Å². The van der Waals surface area contributed by atoms with Crippen molar-refractivity contribution in [2.45, 2.75) is 18.9 Å². The molecule has 1 fully saturated rings. The Morgan fingerprint density at radius 3 is 3.05 bits per heavy atom. The van der Waals surface area contributed by atoms with Gasteiger partial charge in [-0.1, -0.05) is 17.8 Å². The number of aliphatic imine (C=N–C) groups is 1. The molecule has 1 aliphatic carbocycles. The zero-order chi connectivity index (χ0) is 14.8. The Morgan fingerprint density at radius 2 is 2.38 bits per heavy atom. The van der Waals surface area contributed by atoms with Crippen LogP contribution in [0, 0.1) is 5.92 Å². The molecule has 1 unspecified atom stereocenters. The summed E-state index contributed by atoms with van der Waals surface area (Å²) >= 11 is 1.80. The molecule has 1 N–H and O–H groups in total. The zero-order valence-corrected chi connectivity index (χ0v) is 13.4. The fourth-order valence-corrected chi connectivity index (χ4v) is 3.63. The van der Waals surface area contributed by atoms with Gasteiger partial charge in [-0.25, -0.2) is 0 Å². The van der Waals surface area contributed by atoms with E-state index in [1.165, 1.54) is 12.8 Å². The minimum atomic E-state index is -0.173. The predicted molar refractivity (Wildman–Crippen MR) is 87.0 cm³/mol. The Bertz CT molecular complexity index is 510. The molecule has 2 heterocycles. The number of dihydropyridines is 1. The molecular formula is C15H22N4OS. The highest BCUT2D eigenvalue weighted by Crippen LogP contribution is 2.34. The van der Waals surface area contributed by atoms with Gasteiger partial charge in [0.25, 0.3) is 5.91 Å². The van der Waals surface area contributed by atoms with Crippen molar-refractivity contribution in [3.63, 3.8) is 0 Å². The number of amidine groups is 1. The van der Waals surface area contributed by atoms with Crippen molar-refractivity contribution in [3.05, 3.63) is 24.0 Å². The number of amides is 1. The SMILES string of the molecule is CN(C(=O)C1CN=C(SCC2CC2)N1C)C1=CNCC=C1. The lowest BCUT2D eigenvalue weighted by atomic mass is 10.2. The van der Waals surface area contributed by atoms with Crippen molar-refractivity contribution < 1.29 is 4.79 Å². The monoisotopic (exact) mass is 306 g/mol. The van der Waals surface area contributed by atoms with Gasteiger partial charge in [-0.15, -0.1) is 0 Å². The van der Waals surface area contributed by atoms with E-state index in [9.17, 15) is 4.79 Å². The van der Waals surface area contributed by atoms with E-state index in [2.05, 4.69) is 10.3 Å². The van der Waals surface area contributed by atoms with Gasteiger partial charge in [-0.3, -0.25) is 9.79 Å². The number of hydrogen-bond donors (Lipinski definition) is 1. The molecule has 2 aliphatic heterocycles. The quantitative estimate of drug-likeness (QED) is 0.849. The van der Waals surface area contributed by atoms with Gasteiger partial charge >= 0.3 is 0 Å². The Morgan fingerprint density at radius 1 is 1.57 bits per heavy atom. The molecule has 3 rings (SSSR count). The molecule has 0 spiro atoms. The van der Waals surface area contributed by atoms with Gasteiger partial charge < -0.3 is 15.1 Å². The molecule has 1 atom stereocenters. The van der Waals surface area contributed by atoms with E-state index in [-0.39, 0.29) is 11.9 Å². The second-order valence-corrected chi connectivity index (χ2v) is 6.77. The van der Waals surface area contributed by atoms with Crippen LogP contribution in [0.15, 0.2) is 29.0 Å². The van der Waals surface area contributed by atoms with Gasteiger partial charge in [0.15, 0.2) is 5.17 Å². The highest BCUT2D eigenvalue weighted by atomic mass is 32.2. The fraction of sp³-hybridized carbons (Fsp3) is 0.600. The van der Waals surface area contributed by atoms with Gasteiger partial charge in [0.05, 0.1) is 12.2 Å². The van der Waals surface area contributed by atoms with Crippen LogP contribution < -0.4 is 5.32 Å². The van der Waals surface area contributed by atoms with E-state index in [1.54, 1.807) is 16.7 Å². The van der Waals surface area contributed by atoms with E-state index in [4.69, 9.17) is 0 Å². The minimum absolute atomic E-state index is 0.0999. The summed E-state index contributed by atoms with van der Waals surface area (Å²) < 4.78 is 0. The Kier molecular flexibility index (Phi) is 4.24.